The Morgan fingerprint density at radius 3 is 2.56 bits per heavy atom. The summed E-state index contributed by atoms with van der Waals surface area (Å²) in [6.07, 6.45) is 2.27. The molecule has 0 heterocycles. The fraction of sp³-hybridized carbons (Fsp3) is 0.417. The lowest BCUT2D eigenvalue weighted by atomic mass is 9.62. The maximum Gasteiger partial charge on any atom is 0.304 e. The van der Waals surface area contributed by atoms with Gasteiger partial charge in [-0.05, 0) is 24.5 Å². The standard InChI is InChI=1S/C12H13FO3/c13-10-6-8(14)2-3-9(10)12(4-1-5-12)7-11(15)16/h2-3,6,14H,1,4-5,7H2,(H,15,16). The van der Waals surface area contributed by atoms with Crippen molar-refractivity contribution in [1.82, 2.24) is 0 Å². The van der Waals surface area contributed by atoms with Crippen molar-refractivity contribution in [2.24, 2.45) is 0 Å². The van der Waals surface area contributed by atoms with E-state index in [0.29, 0.717) is 18.4 Å². The minimum atomic E-state index is -0.910. The number of aromatic hydroxyl groups is 1. The van der Waals surface area contributed by atoms with Crippen LogP contribution in [0.15, 0.2) is 18.2 Å². The van der Waals surface area contributed by atoms with Gasteiger partial charge in [0.05, 0.1) is 6.42 Å². The second kappa shape index (κ2) is 3.77. The highest BCUT2D eigenvalue weighted by Crippen LogP contribution is 2.47. The summed E-state index contributed by atoms with van der Waals surface area (Å²) in [5, 5.41) is 18.0. The average molecular weight is 224 g/mol. The Labute approximate surface area is 92.5 Å². The Morgan fingerprint density at radius 2 is 2.12 bits per heavy atom. The van der Waals surface area contributed by atoms with Crippen molar-refractivity contribution in [1.29, 1.82) is 0 Å². The quantitative estimate of drug-likeness (QED) is 0.829. The third-order valence-corrected chi connectivity index (χ3v) is 3.32. The summed E-state index contributed by atoms with van der Waals surface area (Å²) in [5.41, 5.74) is -0.150. The topological polar surface area (TPSA) is 57.5 Å². The Balaban J connectivity index is 2.36. The van der Waals surface area contributed by atoms with Gasteiger partial charge in [-0.3, -0.25) is 4.79 Å². The Kier molecular flexibility index (Phi) is 2.58. The molecule has 2 N–H and O–H groups in total. The molecule has 86 valence electrons. The van der Waals surface area contributed by atoms with Crippen LogP contribution in [0.4, 0.5) is 4.39 Å². The van der Waals surface area contributed by atoms with Crippen LogP contribution in [0.1, 0.15) is 31.2 Å². The first-order valence-electron chi connectivity index (χ1n) is 5.24. The molecule has 0 atom stereocenters. The van der Waals surface area contributed by atoms with E-state index in [4.69, 9.17) is 10.2 Å². The molecule has 1 aliphatic rings. The maximum atomic E-state index is 13.7. The number of hydrogen-bond donors (Lipinski definition) is 2. The molecule has 0 saturated heterocycles. The number of benzene rings is 1. The Morgan fingerprint density at radius 1 is 1.44 bits per heavy atom. The fourth-order valence-electron chi connectivity index (χ4n) is 2.37. The van der Waals surface area contributed by atoms with Crippen LogP contribution in [0.5, 0.6) is 5.75 Å². The van der Waals surface area contributed by atoms with E-state index < -0.39 is 17.2 Å². The summed E-state index contributed by atoms with van der Waals surface area (Å²) in [4.78, 5) is 10.8. The second-order valence-corrected chi connectivity index (χ2v) is 4.37. The molecule has 0 radical (unpaired) electrons. The molecule has 0 aliphatic heterocycles. The molecule has 4 heteroatoms. The number of carbonyl (C=O) groups is 1. The van der Waals surface area contributed by atoms with Gasteiger partial charge in [0.2, 0.25) is 0 Å². The van der Waals surface area contributed by atoms with Crippen LogP contribution < -0.4 is 0 Å². The molecule has 0 amide bonds. The Hall–Kier alpha value is -1.58. The molecule has 1 aliphatic carbocycles. The molecule has 0 aromatic heterocycles. The van der Waals surface area contributed by atoms with Crippen molar-refractivity contribution in [3.63, 3.8) is 0 Å². The van der Waals surface area contributed by atoms with Crippen LogP contribution in [0.2, 0.25) is 0 Å². The number of aliphatic carboxylic acids is 1. The number of hydrogen-bond acceptors (Lipinski definition) is 2. The van der Waals surface area contributed by atoms with Crippen molar-refractivity contribution in [2.75, 3.05) is 0 Å². The number of phenolic OH excluding ortho intramolecular Hbond substituents is 1. The van der Waals surface area contributed by atoms with E-state index in [1.165, 1.54) is 12.1 Å². The molecule has 3 nitrogen and oxygen atoms in total. The number of halogens is 1. The third kappa shape index (κ3) is 1.75. The van der Waals surface area contributed by atoms with Crippen LogP contribution in [0, 0.1) is 5.82 Å². The molecular formula is C12H13FO3. The van der Waals surface area contributed by atoms with Crippen molar-refractivity contribution < 1.29 is 19.4 Å². The lowest BCUT2D eigenvalue weighted by Gasteiger charge is -2.41. The summed E-state index contributed by atoms with van der Waals surface area (Å²) in [7, 11) is 0. The van der Waals surface area contributed by atoms with Crippen LogP contribution >= 0.6 is 0 Å². The molecule has 1 saturated carbocycles. The van der Waals surface area contributed by atoms with E-state index >= 15 is 0 Å². The number of carboxylic acid groups (broad SMARTS) is 1. The highest BCUT2D eigenvalue weighted by molar-refractivity contribution is 5.69. The monoisotopic (exact) mass is 224 g/mol. The van der Waals surface area contributed by atoms with Gasteiger partial charge < -0.3 is 10.2 Å². The van der Waals surface area contributed by atoms with Gasteiger partial charge in [-0.2, -0.15) is 0 Å². The van der Waals surface area contributed by atoms with Gasteiger partial charge in [-0.1, -0.05) is 12.5 Å². The van der Waals surface area contributed by atoms with E-state index in [9.17, 15) is 9.18 Å². The van der Waals surface area contributed by atoms with E-state index in [1.54, 1.807) is 0 Å². The summed E-state index contributed by atoms with van der Waals surface area (Å²) in [5.74, 6) is -1.56. The van der Waals surface area contributed by atoms with Gasteiger partial charge in [-0.15, -0.1) is 0 Å². The van der Waals surface area contributed by atoms with Crippen LogP contribution in [-0.4, -0.2) is 16.2 Å². The molecule has 1 aromatic carbocycles. The van der Waals surface area contributed by atoms with E-state index in [-0.39, 0.29) is 12.2 Å². The maximum absolute atomic E-state index is 13.7. The van der Waals surface area contributed by atoms with Crippen molar-refractivity contribution in [3.8, 4) is 5.75 Å². The molecule has 2 rings (SSSR count). The first-order chi connectivity index (χ1) is 7.53. The lowest BCUT2D eigenvalue weighted by molar-refractivity contribution is -0.139. The van der Waals surface area contributed by atoms with Crippen LogP contribution in [0.25, 0.3) is 0 Å². The van der Waals surface area contributed by atoms with E-state index in [1.807, 2.05) is 0 Å². The molecular weight excluding hydrogens is 211 g/mol. The molecule has 1 aromatic rings. The highest BCUT2D eigenvalue weighted by Gasteiger charge is 2.42. The first kappa shape index (κ1) is 10.9. The average Bonchev–Trinajstić information content (AvgIpc) is 2.12. The van der Waals surface area contributed by atoms with Gasteiger partial charge in [0.15, 0.2) is 0 Å². The number of carboxylic acids is 1. The zero-order valence-electron chi connectivity index (χ0n) is 8.74. The molecule has 1 fully saturated rings. The van der Waals surface area contributed by atoms with Crippen molar-refractivity contribution >= 4 is 5.97 Å². The van der Waals surface area contributed by atoms with E-state index in [2.05, 4.69) is 0 Å². The molecule has 0 unspecified atom stereocenters. The van der Waals surface area contributed by atoms with Crippen LogP contribution in [-0.2, 0) is 10.2 Å². The minimum Gasteiger partial charge on any atom is -0.508 e. The van der Waals surface area contributed by atoms with Gasteiger partial charge in [0.1, 0.15) is 11.6 Å². The molecule has 16 heavy (non-hydrogen) atoms. The van der Waals surface area contributed by atoms with Gasteiger partial charge in [0.25, 0.3) is 0 Å². The third-order valence-electron chi connectivity index (χ3n) is 3.32. The summed E-state index contributed by atoms with van der Waals surface area (Å²) in [6.45, 7) is 0. The minimum absolute atomic E-state index is 0.0469. The zero-order chi connectivity index (χ0) is 11.8. The van der Waals surface area contributed by atoms with Gasteiger partial charge in [0, 0.05) is 11.5 Å². The molecule has 0 bridgehead atoms. The summed E-state index contributed by atoms with van der Waals surface area (Å²) in [6, 6.07) is 3.93. The second-order valence-electron chi connectivity index (χ2n) is 4.37. The number of rotatable bonds is 3. The zero-order valence-corrected chi connectivity index (χ0v) is 8.74. The first-order valence-corrected chi connectivity index (χ1v) is 5.24. The van der Waals surface area contributed by atoms with Crippen molar-refractivity contribution in [2.45, 2.75) is 31.1 Å². The fourth-order valence-corrected chi connectivity index (χ4v) is 2.37. The summed E-state index contributed by atoms with van der Waals surface area (Å²) >= 11 is 0. The van der Waals surface area contributed by atoms with Gasteiger partial charge in [-0.25, -0.2) is 4.39 Å². The normalized spacial score (nSPS) is 17.8. The largest absolute Gasteiger partial charge is 0.508 e. The lowest BCUT2D eigenvalue weighted by Crippen LogP contribution is -2.37. The molecule has 0 spiro atoms. The van der Waals surface area contributed by atoms with Crippen molar-refractivity contribution in [3.05, 3.63) is 29.6 Å². The van der Waals surface area contributed by atoms with Crippen LogP contribution in [0.3, 0.4) is 0 Å². The van der Waals surface area contributed by atoms with E-state index in [0.717, 1.165) is 12.5 Å². The Bertz CT molecular complexity index is 424. The predicted molar refractivity (Wildman–Crippen MR) is 55.8 cm³/mol. The smallest absolute Gasteiger partial charge is 0.304 e. The highest BCUT2D eigenvalue weighted by atomic mass is 19.1. The predicted octanol–water partition coefficient (Wildman–Crippen LogP) is 2.43. The number of phenols is 1. The van der Waals surface area contributed by atoms with Gasteiger partial charge >= 0.3 is 5.97 Å². The SMILES string of the molecule is O=C(O)CC1(c2ccc(O)cc2F)CCC1. The summed E-state index contributed by atoms with van der Waals surface area (Å²) < 4.78 is 13.7.